The second kappa shape index (κ2) is 15.0. The van der Waals surface area contributed by atoms with Crippen molar-refractivity contribution in [3.63, 3.8) is 0 Å². The highest BCUT2D eigenvalue weighted by molar-refractivity contribution is 6.18. The number of hydrogen-bond donors (Lipinski definition) is 0. The van der Waals surface area contributed by atoms with Crippen molar-refractivity contribution in [2.24, 2.45) is 0 Å². The van der Waals surface area contributed by atoms with Gasteiger partial charge in [0, 0.05) is 60.4 Å². The third kappa shape index (κ3) is 5.50. The minimum atomic E-state index is -0.700. The fraction of sp³-hybridized carbons (Fsp3) is 0. The van der Waals surface area contributed by atoms with Crippen LogP contribution >= 0.6 is 0 Å². The zero-order valence-corrected chi connectivity index (χ0v) is 36.5. The molecule has 0 aliphatic heterocycles. The fourth-order valence-electron chi connectivity index (χ4n) is 10.5. The summed E-state index contributed by atoms with van der Waals surface area (Å²) in [6.07, 6.45) is 0. The van der Waals surface area contributed by atoms with Gasteiger partial charge in [0.15, 0.2) is 0 Å². The van der Waals surface area contributed by atoms with E-state index in [2.05, 4.69) is 21.3 Å². The topological polar surface area (TPSA) is 45.5 Å². The van der Waals surface area contributed by atoms with E-state index in [0.717, 1.165) is 59.4 Å². The van der Waals surface area contributed by atoms with Gasteiger partial charge >= 0.3 is 0 Å². The maximum Gasteiger partial charge on any atom is 0.237 e. The lowest BCUT2D eigenvalue weighted by Gasteiger charge is -2.20. The van der Waals surface area contributed by atoms with Crippen LogP contribution in [0.1, 0.15) is 21.9 Å². The van der Waals surface area contributed by atoms with E-state index in [0.29, 0.717) is 16.8 Å². The van der Waals surface area contributed by atoms with E-state index in [1.807, 2.05) is 127 Å². The first-order chi connectivity index (χ1) is 41.4. The van der Waals surface area contributed by atoms with Gasteiger partial charge in [-0.05, 0) is 77.8 Å². The van der Waals surface area contributed by atoms with Gasteiger partial charge in [-0.25, -0.2) is 4.98 Å². The van der Waals surface area contributed by atoms with Crippen LogP contribution in [0.15, 0.2) is 242 Å². The van der Waals surface area contributed by atoms with Crippen molar-refractivity contribution >= 4 is 87.2 Å². The average Bonchev–Trinajstić information content (AvgIpc) is 1.56. The van der Waals surface area contributed by atoms with Crippen LogP contribution in [-0.2, 0) is 0 Å². The van der Waals surface area contributed by atoms with E-state index in [9.17, 15) is 11.0 Å². The molecule has 0 aliphatic rings. The summed E-state index contributed by atoms with van der Waals surface area (Å²) in [6.45, 7) is 0. The summed E-state index contributed by atoms with van der Waals surface area (Å²) >= 11 is 0. The molecule has 0 amide bonds. The number of fused-ring (bicyclic) bond motifs is 12. The molecule has 10 aromatic carbocycles. The Morgan fingerprint density at radius 3 is 1.40 bits per heavy atom. The van der Waals surface area contributed by atoms with Gasteiger partial charge in [0.05, 0.1) is 77.4 Å². The Morgan fingerprint density at radius 2 is 0.800 bits per heavy atom. The third-order valence-electron chi connectivity index (χ3n) is 13.3. The molecule has 5 heterocycles. The number of benzene rings is 10. The van der Waals surface area contributed by atoms with Crippen molar-refractivity contribution in [1.29, 1.82) is 0 Å². The molecule has 0 unspecified atom stereocenters. The Bertz CT molecular complexity index is 5180. The van der Waals surface area contributed by atoms with Crippen LogP contribution in [0.4, 0.5) is 0 Å². The van der Waals surface area contributed by atoms with Crippen molar-refractivity contribution in [2.45, 2.75) is 0 Å². The van der Waals surface area contributed by atoms with Gasteiger partial charge in [-0.3, -0.25) is 9.13 Å². The van der Waals surface area contributed by atoms with Gasteiger partial charge in [0.25, 0.3) is 0 Å². The van der Waals surface area contributed by atoms with Crippen LogP contribution in [0.2, 0.25) is 0 Å². The highest BCUT2D eigenvalue weighted by atomic mass is 15.2. The summed E-state index contributed by atoms with van der Waals surface area (Å²) in [4.78, 5) is 10.6. The standard InChI is InChI=1S/C64H40N6/c1-2-20-41(21-3-1)67-58-37-17-10-28-50(58)62-48(29-18-38-59(62)67)49-30-19-39-60(68-52-31-11-4-22-42(52)43-23-5-12-32-53(43)68)63(49)51-40-61(69-54-33-13-6-24-44(54)45-25-7-14-34-55(45)69)66-64(65-51)70-56-35-15-8-26-46(56)47-27-9-16-36-57(47)70/h1-40H/i6D,7D,8D,9D,13D,14D,15D,16D,24D,25D,26D,27D,33D,34D,35D,36D. The average molecular weight is 909 g/mol. The molecule has 0 saturated carbocycles. The molecule has 0 radical (unpaired) electrons. The summed E-state index contributed by atoms with van der Waals surface area (Å²) in [6, 6.07) is 36.7. The number of hydrogen-bond acceptors (Lipinski definition) is 2. The van der Waals surface area contributed by atoms with Crippen LogP contribution in [0.3, 0.4) is 0 Å². The number of rotatable bonds is 6. The lowest BCUT2D eigenvalue weighted by Crippen LogP contribution is -2.09. The Balaban J connectivity index is 1.20. The second-order valence-corrected chi connectivity index (χ2v) is 16.9. The van der Waals surface area contributed by atoms with Crippen LogP contribution < -0.4 is 0 Å². The molecule has 6 nitrogen and oxygen atoms in total. The maximum absolute atomic E-state index is 9.60. The van der Waals surface area contributed by atoms with Crippen LogP contribution in [0, 0.1) is 0 Å². The molecule has 70 heavy (non-hydrogen) atoms. The Morgan fingerprint density at radius 1 is 0.329 bits per heavy atom. The zero-order valence-electron chi connectivity index (χ0n) is 52.5. The minimum absolute atomic E-state index is 0.0645. The van der Waals surface area contributed by atoms with Crippen molar-refractivity contribution in [2.75, 3.05) is 0 Å². The highest BCUT2D eigenvalue weighted by Gasteiger charge is 2.26. The zero-order chi connectivity index (χ0) is 59.8. The minimum Gasteiger partial charge on any atom is -0.309 e. The van der Waals surface area contributed by atoms with Gasteiger partial charge < -0.3 is 9.13 Å². The normalized spacial score (nSPS) is 15.2. The molecule has 15 aromatic rings. The quantitative estimate of drug-likeness (QED) is 0.167. The van der Waals surface area contributed by atoms with Crippen molar-refractivity contribution in [1.82, 2.24) is 28.2 Å². The number of aromatic nitrogens is 6. The summed E-state index contributed by atoms with van der Waals surface area (Å²) < 4.78 is 154. The first kappa shape index (κ1) is 26.1. The number of para-hydroxylation sites is 8. The van der Waals surface area contributed by atoms with E-state index in [4.69, 9.17) is 20.9 Å². The molecular weight excluding hydrogens is 853 g/mol. The molecule has 0 aliphatic carbocycles. The van der Waals surface area contributed by atoms with Crippen LogP contribution in [0.25, 0.3) is 133 Å². The number of nitrogens with zero attached hydrogens (tertiary/aromatic N) is 6. The molecule has 0 atom stereocenters. The van der Waals surface area contributed by atoms with Gasteiger partial charge in [-0.1, -0.05) is 170 Å². The predicted molar refractivity (Wildman–Crippen MR) is 290 cm³/mol. The molecule has 0 saturated heterocycles. The molecule has 0 N–H and O–H groups in total. The lowest BCUT2D eigenvalue weighted by molar-refractivity contribution is 0.951. The van der Waals surface area contributed by atoms with Gasteiger partial charge in [0.1, 0.15) is 5.82 Å². The van der Waals surface area contributed by atoms with E-state index in [1.54, 1.807) is 0 Å². The summed E-state index contributed by atoms with van der Waals surface area (Å²) in [5, 5.41) is 2.58. The summed E-state index contributed by atoms with van der Waals surface area (Å²) in [5.74, 6) is -0.690. The highest BCUT2D eigenvalue weighted by Crippen LogP contribution is 2.46. The maximum atomic E-state index is 9.60. The first-order valence-electron chi connectivity index (χ1n) is 30.5. The van der Waals surface area contributed by atoms with E-state index < -0.39 is 103 Å². The summed E-state index contributed by atoms with van der Waals surface area (Å²) in [7, 11) is 0. The SMILES string of the molecule is [2H]c1c([2H])c([2H])c2c(c1[2H])c1c([2H])c([2H])c([2H])c([2H])c1n2-c1cc(-c2c(-c3cccc4c3c3ccccc3n4-c3ccccc3)cccc2-n2c3ccccc3c3ccccc32)nc(-n2c3c([2H])c([2H])c([2H])c([2H])c3c3c([2H])c([2H])c([2H])c([2H])c32)n1. The Labute approximate surface area is 424 Å². The molecule has 0 spiro atoms. The third-order valence-corrected chi connectivity index (χ3v) is 13.3. The Kier molecular flexibility index (Phi) is 5.60. The van der Waals surface area contributed by atoms with Gasteiger partial charge in [-0.2, -0.15) is 4.98 Å². The smallest absolute Gasteiger partial charge is 0.237 e. The van der Waals surface area contributed by atoms with Crippen molar-refractivity contribution < 1.29 is 21.9 Å². The first-order valence-corrected chi connectivity index (χ1v) is 22.5. The molecule has 326 valence electrons. The van der Waals surface area contributed by atoms with Gasteiger partial charge in [0.2, 0.25) is 5.95 Å². The summed E-state index contributed by atoms with van der Waals surface area (Å²) in [5.41, 5.74) is 5.42. The lowest BCUT2D eigenvalue weighted by atomic mass is 9.92. The largest absolute Gasteiger partial charge is 0.309 e. The van der Waals surface area contributed by atoms with E-state index >= 15 is 0 Å². The van der Waals surface area contributed by atoms with Crippen LogP contribution in [0.5, 0.6) is 0 Å². The molecule has 15 rings (SSSR count). The van der Waals surface area contributed by atoms with E-state index in [1.165, 1.54) is 10.6 Å². The Hall–Kier alpha value is -9.52. The molecule has 0 fully saturated rings. The second-order valence-electron chi connectivity index (χ2n) is 16.9. The molecule has 6 heteroatoms. The van der Waals surface area contributed by atoms with E-state index in [-0.39, 0.29) is 55.1 Å². The molecule has 0 bridgehead atoms. The molecule has 5 aromatic heterocycles. The van der Waals surface area contributed by atoms with Gasteiger partial charge in [-0.15, -0.1) is 0 Å². The van der Waals surface area contributed by atoms with Crippen molar-refractivity contribution in [3.8, 4) is 45.5 Å². The molecular formula is C64H40N6. The predicted octanol–water partition coefficient (Wildman–Crippen LogP) is 16.2. The monoisotopic (exact) mass is 908 g/mol. The van der Waals surface area contributed by atoms with Crippen LogP contribution in [-0.4, -0.2) is 28.2 Å². The van der Waals surface area contributed by atoms with Crippen molar-refractivity contribution in [3.05, 3.63) is 242 Å². The fourth-order valence-corrected chi connectivity index (χ4v) is 10.5.